The molecule has 0 aliphatic carbocycles. The van der Waals surface area contributed by atoms with Crippen LogP contribution in [0.25, 0.3) is 0 Å². The molecule has 2 aromatic rings. The molecule has 0 radical (unpaired) electrons. The highest BCUT2D eigenvalue weighted by atomic mass is 35.5. The Bertz CT molecular complexity index is 998. The summed E-state index contributed by atoms with van der Waals surface area (Å²) in [5.41, 5.74) is 1.30. The van der Waals surface area contributed by atoms with E-state index in [1.165, 1.54) is 4.90 Å². The maximum Gasteiger partial charge on any atom is 0.308 e. The second kappa shape index (κ2) is 10.0. The largest absolute Gasteiger partial charge is 0.479 e. The standard InChI is InChI=1S/C22H22Cl2N2O5/c1-13(16-8-7-15(23)11-17(16)24)25-20(27)12-30-21(28)9-10-26-18-5-3-4-6-19(18)31-14(2)22(26)29/h3-8,11,13-14H,9-10,12H2,1-2H3,(H,25,27). The fourth-order valence-corrected chi connectivity index (χ4v) is 3.80. The molecule has 1 N–H and O–H groups in total. The van der Waals surface area contributed by atoms with E-state index in [1.807, 2.05) is 6.07 Å². The molecule has 0 bridgehead atoms. The normalized spacial score (nSPS) is 16.2. The Morgan fingerprint density at radius 1 is 1.23 bits per heavy atom. The maximum atomic E-state index is 12.4. The van der Waals surface area contributed by atoms with E-state index in [-0.39, 0.29) is 24.9 Å². The second-order valence-electron chi connectivity index (χ2n) is 7.08. The number of esters is 1. The Morgan fingerprint density at radius 2 is 1.97 bits per heavy atom. The third-order valence-corrected chi connectivity index (χ3v) is 5.35. The van der Waals surface area contributed by atoms with Gasteiger partial charge in [0.05, 0.1) is 18.2 Å². The van der Waals surface area contributed by atoms with Crippen molar-refractivity contribution in [2.45, 2.75) is 32.4 Å². The molecule has 0 fully saturated rings. The van der Waals surface area contributed by atoms with Crippen molar-refractivity contribution in [3.05, 3.63) is 58.1 Å². The van der Waals surface area contributed by atoms with Gasteiger partial charge in [0.25, 0.3) is 11.8 Å². The molecule has 164 valence electrons. The first-order valence-corrected chi connectivity index (χ1v) is 10.5. The molecule has 2 aromatic carbocycles. The zero-order valence-electron chi connectivity index (χ0n) is 17.1. The molecule has 2 atom stereocenters. The zero-order valence-corrected chi connectivity index (χ0v) is 18.6. The summed E-state index contributed by atoms with van der Waals surface area (Å²) < 4.78 is 10.6. The van der Waals surface area contributed by atoms with Gasteiger partial charge in [0.2, 0.25) is 0 Å². The van der Waals surface area contributed by atoms with Crippen LogP contribution in [0.2, 0.25) is 10.0 Å². The van der Waals surface area contributed by atoms with Gasteiger partial charge < -0.3 is 19.7 Å². The summed E-state index contributed by atoms with van der Waals surface area (Å²) in [7, 11) is 0. The van der Waals surface area contributed by atoms with E-state index in [2.05, 4.69) is 5.32 Å². The van der Waals surface area contributed by atoms with Gasteiger partial charge in [0, 0.05) is 16.6 Å². The van der Waals surface area contributed by atoms with Crippen molar-refractivity contribution in [2.24, 2.45) is 0 Å². The summed E-state index contributed by atoms with van der Waals surface area (Å²) >= 11 is 12.0. The lowest BCUT2D eigenvalue weighted by Crippen LogP contribution is -2.45. The van der Waals surface area contributed by atoms with Gasteiger partial charge in [0.15, 0.2) is 12.7 Å². The van der Waals surface area contributed by atoms with Gasteiger partial charge >= 0.3 is 5.97 Å². The van der Waals surface area contributed by atoms with Crippen LogP contribution in [-0.4, -0.2) is 37.0 Å². The van der Waals surface area contributed by atoms with Crippen LogP contribution >= 0.6 is 23.2 Å². The summed E-state index contributed by atoms with van der Waals surface area (Å²) in [5, 5.41) is 3.65. The maximum absolute atomic E-state index is 12.4. The number of nitrogens with one attached hydrogen (secondary N) is 1. The second-order valence-corrected chi connectivity index (χ2v) is 7.93. The molecule has 0 saturated heterocycles. The van der Waals surface area contributed by atoms with Gasteiger partial charge in [-0.2, -0.15) is 0 Å². The molecule has 9 heteroatoms. The quantitative estimate of drug-likeness (QED) is 0.627. The molecule has 0 aromatic heterocycles. The fourth-order valence-electron chi connectivity index (χ4n) is 3.22. The number of nitrogens with zero attached hydrogens (tertiary/aromatic N) is 1. The summed E-state index contributed by atoms with van der Waals surface area (Å²) in [5.74, 6) is -0.708. The SMILES string of the molecule is CC1Oc2ccccc2N(CCC(=O)OCC(=O)NC(C)c2ccc(Cl)cc2Cl)C1=O. The number of benzene rings is 2. The molecule has 0 spiro atoms. The third-order valence-electron chi connectivity index (χ3n) is 4.78. The minimum Gasteiger partial charge on any atom is -0.479 e. The van der Waals surface area contributed by atoms with Gasteiger partial charge in [-0.05, 0) is 43.7 Å². The molecule has 2 unspecified atom stereocenters. The van der Waals surface area contributed by atoms with Crippen molar-refractivity contribution in [3.8, 4) is 5.75 Å². The van der Waals surface area contributed by atoms with Crippen molar-refractivity contribution in [1.82, 2.24) is 5.32 Å². The van der Waals surface area contributed by atoms with Crippen LogP contribution < -0.4 is 15.0 Å². The Kier molecular flexibility index (Phi) is 7.41. The van der Waals surface area contributed by atoms with Crippen LogP contribution in [0.15, 0.2) is 42.5 Å². The third kappa shape index (κ3) is 5.68. The zero-order chi connectivity index (χ0) is 22.5. The molecule has 1 aliphatic heterocycles. The van der Waals surface area contributed by atoms with E-state index in [1.54, 1.807) is 50.2 Å². The monoisotopic (exact) mass is 464 g/mol. The summed E-state index contributed by atoms with van der Waals surface area (Å²) in [6.07, 6.45) is -0.698. The van der Waals surface area contributed by atoms with Crippen molar-refractivity contribution in [1.29, 1.82) is 0 Å². The number of hydrogen-bond donors (Lipinski definition) is 1. The van der Waals surface area contributed by atoms with Gasteiger partial charge in [-0.3, -0.25) is 14.4 Å². The summed E-state index contributed by atoms with van der Waals surface area (Å²) in [6.45, 7) is 3.11. The molecule has 31 heavy (non-hydrogen) atoms. The van der Waals surface area contributed by atoms with Gasteiger partial charge in [0.1, 0.15) is 5.75 Å². The topological polar surface area (TPSA) is 84.9 Å². The highest BCUT2D eigenvalue weighted by Gasteiger charge is 2.31. The van der Waals surface area contributed by atoms with Crippen molar-refractivity contribution < 1.29 is 23.9 Å². The predicted molar refractivity (Wildman–Crippen MR) is 117 cm³/mol. The molecule has 7 nitrogen and oxygen atoms in total. The highest BCUT2D eigenvalue weighted by molar-refractivity contribution is 6.35. The number of amides is 2. The number of para-hydroxylation sites is 2. The molecule has 1 heterocycles. The van der Waals surface area contributed by atoms with Crippen LogP contribution in [0.3, 0.4) is 0 Å². The van der Waals surface area contributed by atoms with E-state index in [4.69, 9.17) is 32.7 Å². The van der Waals surface area contributed by atoms with E-state index in [0.29, 0.717) is 27.0 Å². The number of carbonyl (C=O) groups is 3. The smallest absolute Gasteiger partial charge is 0.308 e. The van der Waals surface area contributed by atoms with E-state index < -0.39 is 24.6 Å². The summed E-state index contributed by atoms with van der Waals surface area (Å²) in [6, 6.07) is 11.7. The molecule has 1 aliphatic rings. The average Bonchev–Trinajstić information content (AvgIpc) is 2.72. The first kappa shape index (κ1) is 22.9. The van der Waals surface area contributed by atoms with Gasteiger partial charge in [-0.1, -0.05) is 41.4 Å². The van der Waals surface area contributed by atoms with Crippen LogP contribution in [0, 0.1) is 0 Å². The number of halogens is 2. The Morgan fingerprint density at radius 3 is 2.71 bits per heavy atom. The van der Waals surface area contributed by atoms with E-state index in [0.717, 1.165) is 0 Å². The van der Waals surface area contributed by atoms with Crippen LogP contribution in [0.5, 0.6) is 5.75 Å². The van der Waals surface area contributed by atoms with Crippen LogP contribution in [0.1, 0.15) is 31.9 Å². The molecular weight excluding hydrogens is 443 g/mol. The Labute approximate surface area is 190 Å². The number of anilines is 1. The number of rotatable bonds is 7. The first-order chi connectivity index (χ1) is 14.8. The highest BCUT2D eigenvalue weighted by Crippen LogP contribution is 2.33. The molecular formula is C22H22Cl2N2O5. The molecule has 0 saturated carbocycles. The fraction of sp³-hybridized carbons (Fsp3) is 0.318. The number of hydrogen-bond acceptors (Lipinski definition) is 5. The lowest BCUT2D eigenvalue weighted by Gasteiger charge is -2.32. The summed E-state index contributed by atoms with van der Waals surface area (Å²) in [4.78, 5) is 38.2. The first-order valence-electron chi connectivity index (χ1n) is 9.73. The number of carbonyl (C=O) groups excluding carboxylic acids is 3. The average molecular weight is 465 g/mol. The van der Waals surface area contributed by atoms with Crippen LogP contribution in [-0.2, 0) is 19.1 Å². The molecule has 3 rings (SSSR count). The number of ether oxygens (including phenoxy) is 2. The van der Waals surface area contributed by atoms with Crippen molar-refractivity contribution in [2.75, 3.05) is 18.1 Å². The van der Waals surface area contributed by atoms with Crippen LogP contribution in [0.4, 0.5) is 5.69 Å². The van der Waals surface area contributed by atoms with Crippen molar-refractivity contribution in [3.63, 3.8) is 0 Å². The lowest BCUT2D eigenvalue weighted by molar-refractivity contribution is -0.148. The minimum atomic E-state index is -0.641. The number of fused-ring (bicyclic) bond motifs is 1. The predicted octanol–water partition coefficient (Wildman–Crippen LogP) is 3.92. The van der Waals surface area contributed by atoms with E-state index >= 15 is 0 Å². The minimum absolute atomic E-state index is 0.0569. The van der Waals surface area contributed by atoms with Crippen molar-refractivity contribution >= 4 is 46.7 Å². The Hall–Kier alpha value is -2.77. The molecule has 2 amide bonds. The lowest BCUT2D eigenvalue weighted by atomic mass is 10.1. The van der Waals surface area contributed by atoms with E-state index in [9.17, 15) is 14.4 Å². The Balaban J connectivity index is 1.49. The van der Waals surface area contributed by atoms with Gasteiger partial charge in [-0.15, -0.1) is 0 Å². The van der Waals surface area contributed by atoms with Gasteiger partial charge in [-0.25, -0.2) is 0 Å².